The van der Waals surface area contributed by atoms with Gasteiger partial charge in [-0.05, 0) is 43.7 Å². The molecule has 104 valence electrons. The van der Waals surface area contributed by atoms with Crippen LogP contribution < -0.4 is 4.90 Å². The molecule has 0 aliphatic heterocycles. The number of hydrogen-bond donors (Lipinski definition) is 1. The lowest BCUT2D eigenvalue weighted by Crippen LogP contribution is -2.35. The summed E-state index contributed by atoms with van der Waals surface area (Å²) in [5, 5.41) is 9.09. The van der Waals surface area contributed by atoms with E-state index < -0.39 is 0 Å². The van der Waals surface area contributed by atoms with Crippen molar-refractivity contribution in [3.63, 3.8) is 0 Å². The van der Waals surface area contributed by atoms with E-state index in [1.54, 1.807) is 25.2 Å². The van der Waals surface area contributed by atoms with Crippen molar-refractivity contribution >= 4 is 11.6 Å². The van der Waals surface area contributed by atoms with Crippen molar-refractivity contribution in [3.05, 3.63) is 30.1 Å². The number of anilines is 1. The van der Waals surface area contributed by atoms with Gasteiger partial charge in [0.15, 0.2) is 0 Å². The molecule has 1 amide bonds. The van der Waals surface area contributed by atoms with E-state index in [1.165, 1.54) is 11.0 Å². The smallest absolute Gasteiger partial charge is 0.229 e. The predicted molar refractivity (Wildman–Crippen MR) is 72.3 cm³/mol. The second kappa shape index (κ2) is 6.15. The number of carbonyl (C=O) groups excluding carboxylic acids is 1. The van der Waals surface area contributed by atoms with Gasteiger partial charge in [0.2, 0.25) is 5.91 Å². The fourth-order valence-corrected chi connectivity index (χ4v) is 2.71. The first-order chi connectivity index (χ1) is 9.13. The normalized spacial score (nSPS) is 23.1. The van der Waals surface area contributed by atoms with Gasteiger partial charge in [0, 0.05) is 19.6 Å². The zero-order valence-corrected chi connectivity index (χ0v) is 11.2. The van der Waals surface area contributed by atoms with E-state index in [0.717, 1.165) is 25.7 Å². The average molecular weight is 265 g/mol. The minimum Gasteiger partial charge on any atom is -0.396 e. The van der Waals surface area contributed by atoms with Gasteiger partial charge in [-0.1, -0.05) is 12.1 Å². The van der Waals surface area contributed by atoms with Gasteiger partial charge in [0.05, 0.1) is 5.69 Å². The number of aliphatic hydroxyl groups excluding tert-OH is 1. The summed E-state index contributed by atoms with van der Waals surface area (Å²) in [5.74, 6) is -0.126. The standard InChI is InChI=1S/C15H20FNO2/c1-17(14-5-3-2-4-13(14)16)15(19)12-8-6-11(10-18)7-9-12/h2-5,11-12,18H,6-10H2,1H3. The van der Waals surface area contributed by atoms with E-state index in [9.17, 15) is 9.18 Å². The number of amides is 1. The Hall–Kier alpha value is -1.42. The number of aliphatic hydroxyl groups is 1. The molecule has 0 spiro atoms. The molecule has 0 bridgehead atoms. The molecule has 1 aromatic rings. The van der Waals surface area contributed by atoms with Crippen LogP contribution in [0.1, 0.15) is 25.7 Å². The van der Waals surface area contributed by atoms with E-state index in [-0.39, 0.29) is 24.2 Å². The van der Waals surface area contributed by atoms with Crippen LogP contribution in [0.15, 0.2) is 24.3 Å². The third kappa shape index (κ3) is 3.13. The average Bonchev–Trinajstić information content (AvgIpc) is 2.46. The Bertz CT molecular complexity index is 442. The number of para-hydroxylation sites is 1. The number of hydrogen-bond acceptors (Lipinski definition) is 2. The summed E-state index contributed by atoms with van der Waals surface area (Å²) in [6.45, 7) is 0.198. The Balaban J connectivity index is 2.02. The number of rotatable bonds is 3. The third-order valence-electron chi connectivity index (χ3n) is 4.00. The summed E-state index contributed by atoms with van der Waals surface area (Å²) in [4.78, 5) is 13.8. The molecule has 0 aromatic heterocycles. The van der Waals surface area contributed by atoms with Gasteiger partial charge >= 0.3 is 0 Å². The molecule has 0 radical (unpaired) electrons. The molecule has 1 aromatic carbocycles. The molecule has 0 unspecified atom stereocenters. The second-order valence-electron chi connectivity index (χ2n) is 5.25. The summed E-state index contributed by atoms with van der Waals surface area (Å²) < 4.78 is 13.7. The highest BCUT2D eigenvalue weighted by Gasteiger charge is 2.29. The lowest BCUT2D eigenvalue weighted by molar-refractivity contribution is -0.123. The maximum absolute atomic E-state index is 13.7. The van der Waals surface area contributed by atoms with Gasteiger partial charge in [0.1, 0.15) is 5.82 Å². The Kier molecular flexibility index (Phi) is 4.53. The largest absolute Gasteiger partial charge is 0.396 e. The molecular weight excluding hydrogens is 245 g/mol. The SMILES string of the molecule is CN(C(=O)C1CCC(CO)CC1)c1ccccc1F. The zero-order chi connectivity index (χ0) is 13.8. The maximum atomic E-state index is 13.7. The highest BCUT2D eigenvalue weighted by Crippen LogP contribution is 2.31. The fourth-order valence-electron chi connectivity index (χ4n) is 2.71. The van der Waals surface area contributed by atoms with Crippen LogP contribution in [0.4, 0.5) is 10.1 Å². The first-order valence-corrected chi connectivity index (χ1v) is 6.76. The van der Waals surface area contributed by atoms with Gasteiger partial charge in [-0.25, -0.2) is 4.39 Å². The molecule has 4 heteroatoms. The van der Waals surface area contributed by atoms with Crippen LogP contribution in [0.3, 0.4) is 0 Å². The molecule has 0 heterocycles. The van der Waals surface area contributed by atoms with Crippen LogP contribution >= 0.6 is 0 Å². The Morgan fingerprint density at radius 2 is 1.95 bits per heavy atom. The van der Waals surface area contributed by atoms with Crippen molar-refractivity contribution in [1.29, 1.82) is 0 Å². The van der Waals surface area contributed by atoms with Crippen molar-refractivity contribution in [2.45, 2.75) is 25.7 Å². The molecule has 0 saturated heterocycles. The Labute approximate surface area is 113 Å². The third-order valence-corrected chi connectivity index (χ3v) is 4.00. The van der Waals surface area contributed by atoms with E-state index in [4.69, 9.17) is 5.11 Å². The topological polar surface area (TPSA) is 40.5 Å². The molecular formula is C15H20FNO2. The van der Waals surface area contributed by atoms with Crippen LogP contribution in [0.5, 0.6) is 0 Å². The molecule has 1 fully saturated rings. The first-order valence-electron chi connectivity index (χ1n) is 6.76. The van der Waals surface area contributed by atoms with E-state index in [1.807, 2.05) is 0 Å². The summed E-state index contributed by atoms with van der Waals surface area (Å²) >= 11 is 0. The monoisotopic (exact) mass is 265 g/mol. The van der Waals surface area contributed by atoms with Crippen LogP contribution in [0.2, 0.25) is 0 Å². The zero-order valence-electron chi connectivity index (χ0n) is 11.2. The minimum atomic E-state index is -0.373. The predicted octanol–water partition coefficient (Wildman–Crippen LogP) is 2.59. The summed E-state index contributed by atoms with van der Waals surface area (Å²) in [5.41, 5.74) is 0.330. The van der Waals surface area contributed by atoms with E-state index in [0.29, 0.717) is 11.6 Å². The van der Waals surface area contributed by atoms with Crippen molar-refractivity contribution in [2.75, 3.05) is 18.6 Å². The van der Waals surface area contributed by atoms with Crippen LogP contribution in [-0.4, -0.2) is 24.7 Å². The lowest BCUT2D eigenvalue weighted by Gasteiger charge is -2.29. The van der Waals surface area contributed by atoms with E-state index in [2.05, 4.69) is 0 Å². The Morgan fingerprint density at radius 3 is 2.53 bits per heavy atom. The van der Waals surface area contributed by atoms with Gasteiger partial charge < -0.3 is 10.0 Å². The lowest BCUT2D eigenvalue weighted by atomic mass is 9.82. The number of nitrogens with zero attached hydrogens (tertiary/aromatic N) is 1. The van der Waals surface area contributed by atoms with Crippen LogP contribution in [0, 0.1) is 17.7 Å². The minimum absolute atomic E-state index is 0.0264. The molecule has 0 atom stereocenters. The van der Waals surface area contributed by atoms with E-state index >= 15 is 0 Å². The highest BCUT2D eigenvalue weighted by molar-refractivity contribution is 5.94. The number of carbonyl (C=O) groups is 1. The quantitative estimate of drug-likeness (QED) is 0.912. The van der Waals surface area contributed by atoms with Crippen LogP contribution in [0.25, 0.3) is 0 Å². The number of halogens is 1. The molecule has 1 aliphatic carbocycles. The number of benzene rings is 1. The summed E-state index contributed by atoms with van der Waals surface area (Å²) in [7, 11) is 1.62. The molecule has 1 N–H and O–H groups in total. The van der Waals surface area contributed by atoms with Gasteiger partial charge in [-0.2, -0.15) is 0 Å². The highest BCUT2D eigenvalue weighted by atomic mass is 19.1. The van der Waals surface area contributed by atoms with Crippen molar-refractivity contribution in [3.8, 4) is 0 Å². The molecule has 3 nitrogen and oxygen atoms in total. The van der Waals surface area contributed by atoms with Gasteiger partial charge in [-0.3, -0.25) is 4.79 Å². The molecule has 1 saturated carbocycles. The van der Waals surface area contributed by atoms with Crippen molar-refractivity contribution in [2.24, 2.45) is 11.8 Å². The molecule has 2 rings (SSSR count). The maximum Gasteiger partial charge on any atom is 0.229 e. The van der Waals surface area contributed by atoms with Crippen molar-refractivity contribution in [1.82, 2.24) is 0 Å². The van der Waals surface area contributed by atoms with Gasteiger partial charge in [-0.15, -0.1) is 0 Å². The molecule has 1 aliphatic rings. The summed E-state index contributed by atoms with van der Waals surface area (Å²) in [6.07, 6.45) is 3.31. The second-order valence-corrected chi connectivity index (χ2v) is 5.25. The summed E-state index contributed by atoms with van der Waals surface area (Å²) in [6, 6.07) is 6.32. The van der Waals surface area contributed by atoms with Crippen LogP contribution in [-0.2, 0) is 4.79 Å². The molecule has 19 heavy (non-hydrogen) atoms. The van der Waals surface area contributed by atoms with Gasteiger partial charge in [0.25, 0.3) is 0 Å². The Morgan fingerprint density at radius 1 is 1.32 bits per heavy atom. The fraction of sp³-hybridized carbons (Fsp3) is 0.533. The first kappa shape index (κ1) is 14.0. The van der Waals surface area contributed by atoms with Crippen molar-refractivity contribution < 1.29 is 14.3 Å².